The quantitative estimate of drug-likeness (QED) is 0.731. The first kappa shape index (κ1) is 19.5. The van der Waals surface area contributed by atoms with E-state index < -0.39 is 0 Å². The Kier molecular flexibility index (Phi) is 6.96. The molecule has 1 saturated carbocycles. The summed E-state index contributed by atoms with van der Waals surface area (Å²) in [6.07, 6.45) is 6.43. The third-order valence-electron chi connectivity index (χ3n) is 4.65. The molecule has 0 radical (unpaired) electrons. The van der Waals surface area contributed by atoms with Crippen LogP contribution < -0.4 is 10.1 Å². The van der Waals surface area contributed by atoms with Crippen molar-refractivity contribution in [3.63, 3.8) is 0 Å². The summed E-state index contributed by atoms with van der Waals surface area (Å²) < 4.78 is 5.28. The SMILES string of the molecule is COc1cccc(Sc2ccccc2/C=C/C(=O)NC2CCC(O)CC2)c1. The van der Waals surface area contributed by atoms with Gasteiger partial charge in [-0.15, -0.1) is 0 Å². The highest BCUT2D eigenvalue weighted by Gasteiger charge is 2.19. The van der Waals surface area contributed by atoms with Gasteiger partial charge in [-0.3, -0.25) is 4.79 Å². The van der Waals surface area contributed by atoms with Crippen molar-refractivity contribution in [3.8, 4) is 5.75 Å². The van der Waals surface area contributed by atoms with Crippen LogP contribution in [0.5, 0.6) is 5.75 Å². The van der Waals surface area contributed by atoms with E-state index in [9.17, 15) is 9.90 Å². The number of aliphatic hydroxyl groups excluding tert-OH is 1. The van der Waals surface area contributed by atoms with E-state index in [1.807, 2.05) is 54.6 Å². The Balaban J connectivity index is 1.64. The van der Waals surface area contributed by atoms with Crippen LogP contribution >= 0.6 is 11.8 Å². The van der Waals surface area contributed by atoms with Crippen LogP contribution in [0.1, 0.15) is 31.2 Å². The standard InChI is InChI=1S/C22H25NO3S/c1-26-19-6-4-7-20(15-19)27-21-8-3-2-5-16(21)9-14-22(25)23-17-10-12-18(24)13-11-17/h2-9,14-15,17-18,24H,10-13H2,1H3,(H,23,25)/b14-9+. The fraction of sp³-hybridized carbons (Fsp3) is 0.318. The molecule has 4 nitrogen and oxygen atoms in total. The Morgan fingerprint density at radius 2 is 1.93 bits per heavy atom. The molecule has 0 bridgehead atoms. The second-order valence-electron chi connectivity index (χ2n) is 6.67. The fourth-order valence-corrected chi connectivity index (χ4v) is 4.11. The lowest BCUT2D eigenvalue weighted by Gasteiger charge is -2.25. The van der Waals surface area contributed by atoms with Crippen molar-refractivity contribution in [1.29, 1.82) is 0 Å². The second kappa shape index (κ2) is 9.62. The first-order valence-corrected chi connectivity index (χ1v) is 10.0. The summed E-state index contributed by atoms with van der Waals surface area (Å²) in [6.45, 7) is 0. The lowest BCUT2D eigenvalue weighted by molar-refractivity contribution is -0.117. The number of ether oxygens (including phenoxy) is 1. The minimum Gasteiger partial charge on any atom is -0.497 e. The van der Waals surface area contributed by atoms with Gasteiger partial charge in [0.05, 0.1) is 13.2 Å². The van der Waals surface area contributed by atoms with Crippen molar-refractivity contribution < 1.29 is 14.6 Å². The minimum atomic E-state index is -0.214. The second-order valence-corrected chi connectivity index (χ2v) is 7.78. The van der Waals surface area contributed by atoms with Crippen LogP contribution in [-0.2, 0) is 4.79 Å². The Hall–Kier alpha value is -2.24. The number of amides is 1. The molecule has 2 N–H and O–H groups in total. The molecule has 1 fully saturated rings. The van der Waals surface area contributed by atoms with Crippen molar-refractivity contribution in [2.24, 2.45) is 0 Å². The van der Waals surface area contributed by atoms with Gasteiger partial charge in [0.25, 0.3) is 0 Å². The zero-order chi connectivity index (χ0) is 19.1. The van der Waals surface area contributed by atoms with E-state index in [4.69, 9.17) is 4.74 Å². The molecule has 1 amide bonds. The van der Waals surface area contributed by atoms with Crippen molar-refractivity contribution in [3.05, 3.63) is 60.2 Å². The molecule has 0 spiro atoms. The van der Waals surface area contributed by atoms with Gasteiger partial charge >= 0.3 is 0 Å². The molecule has 5 heteroatoms. The maximum atomic E-state index is 12.2. The van der Waals surface area contributed by atoms with Crippen LogP contribution in [0, 0.1) is 0 Å². The third kappa shape index (κ3) is 5.88. The van der Waals surface area contributed by atoms with Crippen LogP contribution in [0.3, 0.4) is 0 Å². The first-order chi connectivity index (χ1) is 13.1. The molecule has 0 unspecified atom stereocenters. The smallest absolute Gasteiger partial charge is 0.244 e. The van der Waals surface area contributed by atoms with Crippen LogP contribution in [0.4, 0.5) is 0 Å². The number of carbonyl (C=O) groups excluding carboxylic acids is 1. The molecule has 2 aromatic carbocycles. The highest BCUT2D eigenvalue weighted by molar-refractivity contribution is 7.99. The van der Waals surface area contributed by atoms with E-state index in [1.165, 1.54) is 0 Å². The van der Waals surface area contributed by atoms with Gasteiger partial charge < -0.3 is 15.2 Å². The third-order valence-corrected chi connectivity index (χ3v) is 5.73. The van der Waals surface area contributed by atoms with Crippen molar-refractivity contribution in [2.75, 3.05) is 7.11 Å². The number of carbonyl (C=O) groups is 1. The summed E-state index contributed by atoms with van der Waals surface area (Å²) in [6, 6.07) is 16.1. The topological polar surface area (TPSA) is 58.6 Å². The zero-order valence-electron chi connectivity index (χ0n) is 15.4. The van der Waals surface area contributed by atoms with E-state index in [0.717, 1.165) is 46.8 Å². The highest BCUT2D eigenvalue weighted by Crippen LogP contribution is 2.32. The maximum absolute atomic E-state index is 12.2. The predicted octanol–water partition coefficient (Wildman–Crippen LogP) is 4.28. The largest absolute Gasteiger partial charge is 0.497 e. The van der Waals surface area contributed by atoms with Crippen molar-refractivity contribution in [2.45, 2.75) is 47.6 Å². The molecular formula is C22H25NO3S. The van der Waals surface area contributed by atoms with Crippen LogP contribution in [0.25, 0.3) is 6.08 Å². The summed E-state index contributed by atoms with van der Waals surface area (Å²) in [4.78, 5) is 14.4. The van der Waals surface area contributed by atoms with Gasteiger partial charge in [-0.25, -0.2) is 0 Å². The van der Waals surface area contributed by atoms with E-state index in [0.29, 0.717) is 0 Å². The molecule has 27 heavy (non-hydrogen) atoms. The summed E-state index contributed by atoms with van der Waals surface area (Å²) in [7, 11) is 1.66. The lowest BCUT2D eigenvalue weighted by atomic mass is 9.93. The summed E-state index contributed by atoms with van der Waals surface area (Å²) in [5.74, 6) is 0.738. The fourth-order valence-electron chi connectivity index (χ4n) is 3.14. The summed E-state index contributed by atoms with van der Waals surface area (Å²) in [5.41, 5.74) is 1.000. The van der Waals surface area contributed by atoms with Gasteiger partial charge in [-0.05, 0) is 61.6 Å². The molecule has 0 aliphatic heterocycles. The van der Waals surface area contributed by atoms with E-state index in [2.05, 4.69) is 5.32 Å². The Morgan fingerprint density at radius 3 is 2.70 bits per heavy atom. The van der Waals surface area contributed by atoms with Gasteiger partial charge in [0.15, 0.2) is 0 Å². The van der Waals surface area contributed by atoms with Crippen LogP contribution in [-0.4, -0.2) is 30.3 Å². The normalized spacial score (nSPS) is 19.8. The van der Waals surface area contributed by atoms with E-state index >= 15 is 0 Å². The molecular weight excluding hydrogens is 358 g/mol. The number of hydrogen-bond acceptors (Lipinski definition) is 4. The van der Waals surface area contributed by atoms with Gasteiger partial charge in [0.1, 0.15) is 5.75 Å². The monoisotopic (exact) mass is 383 g/mol. The van der Waals surface area contributed by atoms with E-state index in [-0.39, 0.29) is 18.1 Å². The summed E-state index contributed by atoms with van der Waals surface area (Å²) >= 11 is 1.64. The maximum Gasteiger partial charge on any atom is 0.244 e. The molecule has 3 rings (SSSR count). The summed E-state index contributed by atoms with van der Waals surface area (Å²) in [5, 5.41) is 12.6. The average Bonchev–Trinajstić information content (AvgIpc) is 2.69. The van der Waals surface area contributed by atoms with Crippen molar-refractivity contribution >= 4 is 23.7 Å². The predicted molar refractivity (Wildman–Crippen MR) is 109 cm³/mol. The number of nitrogens with one attached hydrogen (secondary N) is 1. The van der Waals surface area contributed by atoms with Crippen molar-refractivity contribution in [1.82, 2.24) is 5.32 Å². The molecule has 0 heterocycles. The molecule has 0 saturated heterocycles. The lowest BCUT2D eigenvalue weighted by Crippen LogP contribution is -2.37. The molecule has 0 atom stereocenters. The molecule has 2 aromatic rings. The Bertz CT molecular complexity index is 798. The average molecular weight is 384 g/mol. The van der Waals surface area contributed by atoms with E-state index in [1.54, 1.807) is 24.9 Å². The van der Waals surface area contributed by atoms with Gasteiger partial charge in [-0.2, -0.15) is 0 Å². The van der Waals surface area contributed by atoms with Gasteiger partial charge in [-0.1, -0.05) is 36.0 Å². The molecule has 0 aromatic heterocycles. The van der Waals surface area contributed by atoms with Gasteiger partial charge in [0, 0.05) is 21.9 Å². The van der Waals surface area contributed by atoms with Crippen LogP contribution in [0.15, 0.2) is 64.4 Å². The Morgan fingerprint density at radius 1 is 1.15 bits per heavy atom. The van der Waals surface area contributed by atoms with Crippen LogP contribution in [0.2, 0.25) is 0 Å². The highest BCUT2D eigenvalue weighted by atomic mass is 32.2. The Labute approximate surface area is 164 Å². The van der Waals surface area contributed by atoms with Gasteiger partial charge in [0.2, 0.25) is 5.91 Å². The molecule has 1 aliphatic carbocycles. The number of methoxy groups -OCH3 is 1. The first-order valence-electron chi connectivity index (χ1n) is 9.21. The number of rotatable bonds is 6. The number of aliphatic hydroxyl groups is 1. The zero-order valence-corrected chi connectivity index (χ0v) is 16.2. The minimum absolute atomic E-state index is 0.0856. The number of hydrogen-bond donors (Lipinski definition) is 2. The molecule has 1 aliphatic rings. The molecule has 142 valence electrons. The number of benzene rings is 2.